The highest BCUT2D eigenvalue weighted by Gasteiger charge is 2.19. The molecule has 0 heterocycles. The van der Waals surface area contributed by atoms with E-state index in [0.717, 1.165) is 11.1 Å². The van der Waals surface area contributed by atoms with Crippen molar-refractivity contribution in [2.75, 3.05) is 26.7 Å². The van der Waals surface area contributed by atoms with Crippen LogP contribution in [-0.2, 0) is 30.5 Å². The van der Waals surface area contributed by atoms with E-state index in [2.05, 4.69) is 15.4 Å². The van der Waals surface area contributed by atoms with E-state index in [1.165, 1.54) is 18.9 Å². The number of carbonyl (C=O) groups is 4. The van der Waals surface area contributed by atoms with Crippen molar-refractivity contribution in [1.29, 1.82) is 0 Å². The predicted octanol–water partition coefficient (Wildman–Crippen LogP) is -0.251. The number of benzene rings is 1. The first-order valence-electron chi connectivity index (χ1n) is 7.73. The average molecular weight is 349 g/mol. The van der Waals surface area contributed by atoms with E-state index in [-0.39, 0.29) is 32.1 Å². The number of nitrogens with one attached hydrogen (secondary N) is 2. The van der Waals surface area contributed by atoms with Crippen LogP contribution in [0, 0.1) is 6.92 Å². The van der Waals surface area contributed by atoms with Crippen LogP contribution in [0.15, 0.2) is 24.3 Å². The maximum absolute atomic E-state index is 12.4. The summed E-state index contributed by atoms with van der Waals surface area (Å²) < 4.78 is 4.62. The fourth-order valence-electron chi connectivity index (χ4n) is 2.00. The maximum atomic E-state index is 12.4. The lowest BCUT2D eigenvalue weighted by atomic mass is 10.1. The number of rotatable bonds is 8. The quantitative estimate of drug-likeness (QED) is 0.630. The van der Waals surface area contributed by atoms with Crippen molar-refractivity contribution in [2.45, 2.75) is 20.4 Å². The number of methoxy groups -OCH3 is 1. The highest BCUT2D eigenvalue weighted by Crippen LogP contribution is 2.10. The van der Waals surface area contributed by atoms with Gasteiger partial charge in [0.2, 0.25) is 17.7 Å². The molecular formula is C17H23N3O5. The van der Waals surface area contributed by atoms with Crippen molar-refractivity contribution in [3.8, 4) is 0 Å². The lowest BCUT2D eigenvalue weighted by Gasteiger charge is -2.22. The number of aryl methyl sites for hydroxylation is 1. The second-order valence-electron chi connectivity index (χ2n) is 5.44. The third-order valence-corrected chi connectivity index (χ3v) is 3.46. The predicted molar refractivity (Wildman–Crippen MR) is 90.3 cm³/mol. The number of ether oxygens (including phenoxy) is 1. The van der Waals surface area contributed by atoms with Gasteiger partial charge in [-0.05, 0) is 18.1 Å². The SMILES string of the molecule is COC(=O)CN(Cc1ccccc1C)C(=O)CNC(=O)CNC(C)=O. The fourth-order valence-corrected chi connectivity index (χ4v) is 2.00. The van der Waals surface area contributed by atoms with Gasteiger partial charge < -0.3 is 20.3 Å². The molecule has 136 valence electrons. The Morgan fingerprint density at radius 1 is 1.08 bits per heavy atom. The number of esters is 1. The molecule has 2 N–H and O–H groups in total. The lowest BCUT2D eigenvalue weighted by molar-refractivity contribution is -0.147. The Kier molecular flexibility index (Phi) is 8.11. The minimum atomic E-state index is -0.550. The molecule has 0 bridgehead atoms. The third-order valence-electron chi connectivity index (χ3n) is 3.46. The Morgan fingerprint density at radius 3 is 2.36 bits per heavy atom. The molecule has 0 saturated heterocycles. The Labute approximate surface area is 146 Å². The molecule has 0 saturated carbocycles. The van der Waals surface area contributed by atoms with Crippen molar-refractivity contribution in [3.05, 3.63) is 35.4 Å². The van der Waals surface area contributed by atoms with Crippen LogP contribution in [0.5, 0.6) is 0 Å². The van der Waals surface area contributed by atoms with Gasteiger partial charge in [-0.2, -0.15) is 0 Å². The minimum absolute atomic E-state index is 0.211. The molecule has 25 heavy (non-hydrogen) atoms. The number of amides is 3. The highest BCUT2D eigenvalue weighted by molar-refractivity contribution is 5.89. The topological polar surface area (TPSA) is 105 Å². The normalized spacial score (nSPS) is 9.88. The average Bonchev–Trinajstić information content (AvgIpc) is 2.58. The first-order valence-corrected chi connectivity index (χ1v) is 7.73. The summed E-state index contributed by atoms with van der Waals surface area (Å²) in [5.74, 6) is -1.80. The number of hydrogen-bond acceptors (Lipinski definition) is 5. The van der Waals surface area contributed by atoms with Gasteiger partial charge in [0.15, 0.2) is 0 Å². The lowest BCUT2D eigenvalue weighted by Crippen LogP contribution is -2.44. The number of nitrogens with zero attached hydrogens (tertiary/aromatic N) is 1. The van der Waals surface area contributed by atoms with Crippen LogP contribution in [0.1, 0.15) is 18.1 Å². The molecule has 0 unspecified atom stereocenters. The minimum Gasteiger partial charge on any atom is -0.468 e. The third kappa shape index (κ3) is 7.47. The summed E-state index contributed by atoms with van der Waals surface area (Å²) in [5.41, 5.74) is 1.88. The molecule has 1 rings (SSSR count). The summed E-state index contributed by atoms with van der Waals surface area (Å²) in [6.45, 7) is 2.72. The van der Waals surface area contributed by atoms with Crippen LogP contribution < -0.4 is 10.6 Å². The summed E-state index contributed by atoms with van der Waals surface area (Å²) in [7, 11) is 1.24. The Bertz CT molecular complexity index is 645. The largest absolute Gasteiger partial charge is 0.468 e. The first kappa shape index (κ1) is 20.1. The van der Waals surface area contributed by atoms with E-state index in [1.807, 2.05) is 31.2 Å². The molecule has 0 atom stereocenters. The maximum Gasteiger partial charge on any atom is 0.325 e. The summed E-state index contributed by atoms with van der Waals surface area (Å²) in [4.78, 5) is 47.6. The second kappa shape index (κ2) is 10.1. The first-order chi connectivity index (χ1) is 11.8. The molecule has 0 spiro atoms. The van der Waals surface area contributed by atoms with Crippen molar-refractivity contribution in [3.63, 3.8) is 0 Å². The molecule has 0 radical (unpaired) electrons. The molecule has 8 nitrogen and oxygen atoms in total. The van der Waals surface area contributed by atoms with E-state index in [4.69, 9.17) is 0 Å². The molecule has 1 aromatic rings. The van der Waals surface area contributed by atoms with Crippen molar-refractivity contribution >= 4 is 23.7 Å². The van der Waals surface area contributed by atoms with E-state index in [9.17, 15) is 19.2 Å². The van der Waals surface area contributed by atoms with Crippen molar-refractivity contribution in [2.24, 2.45) is 0 Å². The van der Waals surface area contributed by atoms with E-state index >= 15 is 0 Å². The van der Waals surface area contributed by atoms with Gasteiger partial charge in [-0.1, -0.05) is 24.3 Å². The summed E-state index contributed by atoms with van der Waals surface area (Å²) >= 11 is 0. The van der Waals surface area contributed by atoms with Crippen LogP contribution in [0.4, 0.5) is 0 Å². The zero-order valence-electron chi connectivity index (χ0n) is 14.6. The molecule has 0 aliphatic carbocycles. The van der Waals surface area contributed by atoms with Gasteiger partial charge in [-0.3, -0.25) is 19.2 Å². The Hall–Kier alpha value is -2.90. The molecular weight excluding hydrogens is 326 g/mol. The van der Waals surface area contributed by atoms with E-state index in [1.54, 1.807) is 0 Å². The van der Waals surface area contributed by atoms with Crippen LogP contribution in [0.2, 0.25) is 0 Å². The van der Waals surface area contributed by atoms with Crippen LogP contribution in [-0.4, -0.2) is 55.3 Å². The van der Waals surface area contributed by atoms with Crippen LogP contribution in [0.25, 0.3) is 0 Å². The van der Waals surface area contributed by atoms with E-state index < -0.39 is 17.8 Å². The van der Waals surface area contributed by atoms with Gasteiger partial charge in [0.1, 0.15) is 6.54 Å². The second-order valence-corrected chi connectivity index (χ2v) is 5.44. The Morgan fingerprint density at radius 2 is 1.76 bits per heavy atom. The fraction of sp³-hybridized carbons (Fsp3) is 0.412. The van der Waals surface area contributed by atoms with Gasteiger partial charge in [-0.15, -0.1) is 0 Å². The summed E-state index contributed by atoms with van der Waals surface area (Å²) in [6, 6.07) is 7.50. The highest BCUT2D eigenvalue weighted by atomic mass is 16.5. The van der Waals surface area contributed by atoms with Gasteiger partial charge >= 0.3 is 5.97 Å². The summed E-state index contributed by atoms with van der Waals surface area (Å²) in [6.07, 6.45) is 0. The zero-order valence-corrected chi connectivity index (χ0v) is 14.6. The number of hydrogen-bond donors (Lipinski definition) is 2. The van der Waals surface area contributed by atoms with Crippen LogP contribution in [0.3, 0.4) is 0 Å². The van der Waals surface area contributed by atoms with E-state index in [0.29, 0.717) is 0 Å². The van der Waals surface area contributed by atoms with Gasteiger partial charge in [0.25, 0.3) is 0 Å². The monoisotopic (exact) mass is 349 g/mol. The van der Waals surface area contributed by atoms with Crippen molar-refractivity contribution < 1.29 is 23.9 Å². The molecule has 0 aliphatic heterocycles. The zero-order chi connectivity index (χ0) is 18.8. The van der Waals surface area contributed by atoms with Gasteiger partial charge in [0, 0.05) is 13.5 Å². The molecule has 0 fully saturated rings. The van der Waals surface area contributed by atoms with Crippen molar-refractivity contribution in [1.82, 2.24) is 15.5 Å². The van der Waals surface area contributed by atoms with Crippen LogP contribution >= 0.6 is 0 Å². The molecule has 0 aromatic heterocycles. The molecule has 1 aromatic carbocycles. The summed E-state index contributed by atoms with van der Waals surface area (Å²) in [5, 5.41) is 4.75. The smallest absolute Gasteiger partial charge is 0.325 e. The molecule has 3 amide bonds. The molecule has 8 heteroatoms. The molecule has 0 aliphatic rings. The number of carbonyl (C=O) groups excluding carboxylic acids is 4. The Balaban J connectivity index is 2.69. The van der Waals surface area contributed by atoms with Gasteiger partial charge in [-0.25, -0.2) is 0 Å². The standard InChI is InChI=1S/C17H23N3O5/c1-12-6-4-5-7-14(12)10-20(11-17(24)25-3)16(23)9-19-15(22)8-18-13(2)21/h4-7H,8-11H2,1-3H3,(H,18,21)(H,19,22). The van der Waals surface area contributed by atoms with Gasteiger partial charge in [0.05, 0.1) is 20.2 Å².